The van der Waals surface area contributed by atoms with Crippen molar-refractivity contribution in [2.45, 2.75) is 25.8 Å². The normalized spacial score (nSPS) is 12.1. The fourth-order valence-corrected chi connectivity index (χ4v) is 0.699. The first kappa shape index (κ1) is 9.80. The van der Waals surface area contributed by atoms with Crippen molar-refractivity contribution in [2.75, 3.05) is 6.61 Å². The Morgan fingerprint density at radius 3 is 2.73 bits per heavy atom. The third kappa shape index (κ3) is 4.24. The summed E-state index contributed by atoms with van der Waals surface area (Å²) in [7, 11) is 0. The van der Waals surface area contributed by atoms with Crippen LogP contribution in [0.25, 0.3) is 0 Å². The third-order valence-electron chi connectivity index (χ3n) is 1.24. The quantitative estimate of drug-likeness (QED) is 0.333. The van der Waals surface area contributed by atoms with E-state index in [1.807, 2.05) is 6.92 Å². The maximum Gasteiger partial charge on any atom is 0.249 e. The molecule has 0 bridgehead atoms. The summed E-state index contributed by atoms with van der Waals surface area (Å²) in [4.78, 5) is 23.2. The van der Waals surface area contributed by atoms with Crippen LogP contribution in [-0.4, -0.2) is 17.6 Å². The lowest BCUT2D eigenvalue weighted by Crippen LogP contribution is -2.24. The maximum atomic E-state index is 10.2. The van der Waals surface area contributed by atoms with E-state index in [-0.39, 0.29) is 6.61 Å². The van der Waals surface area contributed by atoms with Gasteiger partial charge in [-0.3, -0.25) is 10.1 Å². The van der Waals surface area contributed by atoms with Crippen molar-refractivity contribution in [3.63, 3.8) is 0 Å². The van der Waals surface area contributed by atoms with Crippen LogP contribution >= 0.6 is 0 Å². The van der Waals surface area contributed by atoms with Crippen LogP contribution in [0.5, 0.6) is 0 Å². The van der Waals surface area contributed by atoms with E-state index in [0.717, 1.165) is 0 Å². The molecule has 0 aromatic rings. The first-order chi connectivity index (χ1) is 5.22. The summed E-state index contributed by atoms with van der Waals surface area (Å²) >= 11 is 0. The molecular weight excluding hydrogens is 152 g/mol. The van der Waals surface area contributed by atoms with Crippen LogP contribution in [0.3, 0.4) is 0 Å². The molecule has 0 aliphatic heterocycles. The van der Waals surface area contributed by atoms with E-state index < -0.39 is 11.0 Å². The summed E-state index contributed by atoms with van der Waals surface area (Å²) in [5.74, 6) is 0. The van der Waals surface area contributed by atoms with Gasteiger partial charge in [0.05, 0.1) is 0 Å². The highest BCUT2D eigenvalue weighted by molar-refractivity contribution is 4.52. The molecule has 11 heavy (non-hydrogen) atoms. The molecule has 0 heterocycles. The van der Waals surface area contributed by atoms with Crippen LogP contribution in [-0.2, 0) is 4.84 Å². The third-order valence-corrected chi connectivity index (χ3v) is 1.24. The zero-order valence-corrected chi connectivity index (χ0v) is 6.23. The molecule has 0 radical (unpaired) electrons. The number of nitro groups is 1. The van der Waals surface area contributed by atoms with Gasteiger partial charge in [0.15, 0.2) is 11.9 Å². The van der Waals surface area contributed by atoms with Gasteiger partial charge in [-0.05, 0) is 6.42 Å². The highest BCUT2D eigenvalue weighted by Crippen LogP contribution is 2.01. The number of hydrogen-bond acceptors (Lipinski definition) is 5. The van der Waals surface area contributed by atoms with Gasteiger partial charge in [-0.1, -0.05) is 6.92 Å². The van der Waals surface area contributed by atoms with Crippen LogP contribution in [0.15, 0.2) is 5.34 Å². The molecule has 0 N–H and O–H groups in total. The molecule has 6 nitrogen and oxygen atoms in total. The molecule has 0 spiro atoms. The molecular formula is C5H10N2O4. The Bertz CT molecular complexity index is 138. The summed E-state index contributed by atoms with van der Waals surface area (Å²) in [5.41, 5.74) is 0. The van der Waals surface area contributed by atoms with Crippen molar-refractivity contribution < 1.29 is 9.76 Å². The zero-order valence-electron chi connectivity index (χ0n) is 6.23. The van der Waals surface area contributed by atoms with E-state index in [2.05, 4.69) is 10.2 Å². The number of hydrogen-bond donors (Lipinski definition) is 0. The van der Waals surface area contributed by atoms with Crippen LogP contribution < -0.4 is 0 Å². The Morgan fingerprint density at radius 1 is 1.73 bits per heavy atom. The summed E-state index contributed by atoms with van der Waals surface area (Å²) in [6, 6.07) is -0.808. The minimum atomic E-state index is -0.808. The Kier molecular flexibility index (Phi) is 4.97. The minimum Gasteiger partial charge on any atom is -0.357 e. The van der Waals surface area contributed by atoms with Crippen molar-refractivity contribution in [2.24, 2.45) is 5.34 Å². The van der Waals surface area contributed by atoms with Crippen molar-refractivity contribution in [3.8, 4) is 0 Å². The van der Waals surface area contributed by atoms with Crippen LogP contribution in [0, 0.1) is 15.0 Å². The van der Waals surface area contributed by atoms with E-state index in [9.17, 15) is 15.0 Å². The SMILES string of the molecule is CCCC(CON=O)[N+](=O)[O-]. The van der Waals surface area contributed by atoms with Gasteiger partial charge in [-0.15, -0.1) is 4.91 Å². The molecule has 1 unspecified atom stereocenters. The molecule has 0 aliphatic carbocycles. The van der Waals surface area contributed by atoms with E-state index in [1.165, 1.54) is 0 Å². The first-order valence-corrected chi connectivity index (χ1v) is 3.30. The molecule has 64 valence electrons. The van der Waals surface area contributed by atoms with Crippen LogP contribution in [0.4, 0.5) is 0 Å². The topological polar surface area (TPSA) is 81.8 Å². The van der Waals surface area contributed by atoms with Gasteiger partial charge in [0, 0.05) is 11.3 Å². The summed E-state index contributed by atoms with van der Waals surface area (Å²) < 4.78 is 0. The first-order valence-electron chi connectivity index (χ1n) is 3.30. The van der Waals surface area contributed by atoms with Gasteiger partial charge in [-0.25, -0.2) is 0 Å². The molecule has 0 saturated carbocycles. The predicted molar refractivity (Wildman–Crippen MR) is 37.4 cm³/mol. The van der Waals surface area contributed by atoms with Crippen LogP contribution in [0.2, 0.25) is 0 Å². The average molecular weight is 162 g/mol. The Morgan fingerprint density at radius 2 is 2.36 bits per heavy atom. The number of rotatable bonds is 6. The average Bonchev–Trinajstić information content (AvgIpc) is 1.97. The summed E-state index contributed by atoms with van der Waals surface area (Å²) in [6.45, 7) is 1.59. The summed E-state index contributed by atoms with van der Waals surface area (Å²) in [5, 5.41) is 12.3. The molecule has 1 atom stereocenters. The molecule has 0 aromatic heterocycles. The smallest absolute Gasteiger partial charge is 0.249 e. The van der Waals surface area contributed by atoms with E-state index in [4.69, 9.17) is 0 Å². The Labute approximate surface area is 63.6 Å². The highest BCUT2D eigenvalue weighted by atomic mass is 16.7. The largest absolute Gasteiger partial charge is 0.357 e. The lowest BCUT2D eigenvalue weighted by Gasteiger charge is -2.03. The fraction of sp³-hybridized carbons (Fsp3) is 1.00. The minimum absolute atomic E-state index is 0.232. The van der Waals surface area contributed by atoms with E-state index in [1.54, 1.807) is 0 Å². The van der Waals surface area contributed by atoms with Crippen molar-refractivity contribution in [1.82, 2.24) is 0 Å². The molecule has 0 aliphatic rings. The second-order valence-corrected chi connectivity index (χ2v) is 2.10. The monoisotopic (exact) mass is 162 g/mol. The molecule has 0 aromatic carbocycles. The van der Waals surface area contributed by atoms with Crippen molar-refractivity contribution >= 4 is 0 Å². The van der Waals surface area contributed by atoms with Gasteiger partial charge in [0.2, 0.25) is 6.04 Å². The Balaban J connectivity index is 3.68. The summed E-state index contributed by atoms with van der Waals surface area (Å²) in [6.07, 6.45) is 1.09. The second-order valence-electron chi connectivity index (χ2n) is 2.10. The van der Waals surface area contributed by atoms with Crippen molar-refractivity contribution in [1.29, 1.82) is 0 Å². The standard InChI is InChI=1S/C5H10N2O4/c1-2-3-5(7(9)10)4-11-6-8/h5H,2-4H2,1H3. The van der Waals surface area contributed by atoms with E-state index in [0.29, 0.717) is 12.8 Å². The lowest BCUT2D eigenvalue weighted by atomic mass is 10.2. The Hall–Kier alpha value is -1.20. The lowest BCUT2D eigenvalue weighted by molar-refractivity contribution is -0.527. The predicted octanol–water partition coefficient (Wildman–Crippen LogP) is 1.13. The van der Waals surface area contributed by atoms with Crippen molar-refractivity contribution in [3.05, 3.63) is 15.0 Å². The molecule has 6 heteroatoms. The van der Waals surface area contributed by atoms with Gasteiger partial charge in [-0.2, -0.15) is 0 Å². The van der Waals surface area contributed by atoms with Crippen LogP contribution in [0.1, 0.15) is 19.8 Å². The molecule has 0 rings (SSSR count). The molecule has 0 saturated heterocycles. The molecule has 0 fully saturated rings. The number of nitrogens with zero attached hydrogens (tertiary/aromatic N) is 2. The van der Waals surface area contributed by atoms with E-state index >= 15 is 0 Å². The van der Waals surface area contributed by atoms with Gasteiger partial charge in [0.1, 0.15) is 0 Å². The maximum absolute atomic E-state index is 10.2. The highest BCUT2D eigenvalue weighted by Gasteiger charge is 2.19. The van der Waals surface area contributed by atoms with Gasteiger partial charge in [0.25, 0.3) is 0 Å². The zero-order chi connectivity index (χ0) is 8.69. The van der Waals surface area contributed by atoms with Gasteiger partial charge < -0.3 is 4.84 Å². The fourth-order valence-electron chi connectivity index (χ4n) is 0.699. The second kappa shape index (κ2) is 5.57. The van der Waals surface area contributed by atoms with Gasteiger partial charge >= 0.3 is 0 Å². The molecule has 0 amide bonds.